The highest BCUT2D eigenvalue weighted by Gasteiger charge is 2.20. The van der Waals surface area contributed by atoms with Crippen molar-refractivity contribution in [1.82, 2.24) is 9.47 Å². The first-order valence-electron chi connectivity index (χ1n) is 12.1. The molecule has 8 heteroatoms. The van der Waals surface area contributed by atoms with Crippen LogP contribution >= 0.6 is 0 Å². The summed E-state index contributed by atoms with van der Waals surface area (Å²) in [6.45, 7) is 9.74. The van der Waals surface area contributed by atoms with E-state index in [4.69, 9.17) is 4.74 Å². The molecule has 1 aromatic heterocycles. The highest BCUT2D eigenvalue weighted by molar-refractivity contribution is 5.92. The Balaban J connectivity index is 1.47. The number of methoxy groups -OCH3 is 1. The van der Waals surface area contributed by atoms with Gasteiger partial charge >= 0.3 is 0 Å². The third-order valence-electron chi connectivity index (χ3n) is 6.61. The van der Waals surface area contributed by atoms with Gasteiger partial charge in [0.15, 0.2) is 5.75 Å². The average molecular weight is 493 g/mol. The van der Waals surface area contributed by atoms with Gasteiger partial charge in [-0.2, -0.15) is 0 Å². The van der Waals surface area contributed by atoms with E-state index in [2.05, 4.69) is 15.1 Å². The van der Waals surface area contributed by atoms with Crippen LogP contribution in [0.2, 0.25) is 0 Å². The van der Waals surface area contributed by atoms with E-state index >= 15 is 0 Å². The van der Waals surface area contributed by atoms with Gasteiger partial charge in [-0.05, 0) is 56.2 Å². The Morgan fingerprint density at radius 1 is 1.00 bits per heavy atom. The summed E-state index contributed by atoms with van der Waals surface area (Å²) in [7, 11) is 1.45. The van der Waals surface area contributed by atoms with Crippen molar-refractivity contribution < 1.29 is 13.9 Å². The SMILES string of the molecule is COc1cn(CC(=O)Nc2c(C)cc(C)cc2C)c(CN2CCN(c3ccc(F)cc3)CC2)cc1=O. The lowest BCUT2D eigenvalue weighted by Crippen LogP contribution is -2.46. The van der Waals surface area contributed by atoms with Crippen molar-refractivity contribution in [2.75, 3.05) is 43.5 Å². The molecule has 1 N–H and O–H groups in total. The zero-order chi connectivity index (χ0) is 25.8. The molecule has 0 atom stereocenters. The van der Waals surface area contributed by atoms with Crippen LogP contribution in [0.3, 0.4) is 0 Å². The molecule has 1 fully saturated rings. The number of nitrogens with one attached hydrogen (secondary N) is 1. The smallest absolute Gasteiger partial charge is 0.244 e. The van der Waals surface area contributed by atoms with Crippen LogP contribution in [0.1, 0.15) is 22.4 Å². The molecular formula is C28H33FN4O3. The molecule has 7 nitrogen and oxygen atoms in total. The minimum atomic E-state index is -0.244. The summed E-state index contributed by atoms with van der Waals surface area (Å²) in [5.41, 5.74) is 5.53. The molecule has 36 heavy (non-hydrogen) atoms. The fraction of sp³-hybridized carbons (Fsp3) is 0.357. The molecule has 1 aliphatic heterocycles. The Morgan fingerprint density at radius 2 is 1.64 bits per heavy atom. The van der Waals surface area contributed by atoms with Crippen molar-refractivity contribution in [3.63, 3.8) is 0 Å². The number of aromatic nitrogens is 1. The first-order chi connectivity index (χ1) is 17.2. The van der Waals surface area contributed by atoms with Gasteiger partial charge in [-0.1, -0.05) is 17.7 Å². The number of piperazine rings is 1. The Morgan fingerprint density at radius 3 is 2.25 bits per heavy atom. The number of nitrogens with zero attached hydrogens (tertiary/aromatic N) is 3. The van der Waals surface area contributed by atoms with Crippen molar-refractivity contribution >= 4 is 17.3 Å². The van der Waals surface area contributed by atoms with Gasteiger partial charge in [0.2, 0.25) is 11.3 Å². The van der Waals surface area contributed by atoms with Gasteiger partial charge in [0.25, 0.3) is 0 Å². The molecule has 1 amide bonds. The Kier molecular flexibility index (Phi) is 7.74. The standard InChI is InChI=1S/C28H33FN4O3/c1-19-13-20(2)28(21(3)14-19)30-27(35)18-33-17-26(36-4)25(34)15-24(33)16-31-9-11-32(12-10-31)23-7-5-22(29)6-8-23/h5-8,13-15,17H,9-12,16,18H2,1-4H3,(H,30,35). The lowest BCUT2D eigenvalue weighted by atomic mass is 10.1. The summed E-state index contributed by atoms with van der Waals surface area (Å²) >= 11 is 0. The van der Waals surface area contributed by atoms with E-state index in [1.165, 1.54) is 19.2 Å². The van der Waals surface area contributed by atoms with Crippen LogP contribution in [0, 0.1) is 26.6 Å². The van der Waals surface area contributed by atoms with Crippen LogP contribution in [0.5, 0.6) is 5.75 Å². The molecule has 0 saturated carbocycles. The van der Waals surface area contributed by atoms with E-state index in [9.17, 15) is 14.0 Å². The molecule has 0 unspecified atom stereocenters. The topological polar surface area (TPSA) is 66.8 Å². The van der Waals surface area contributed by atoms with Crippen molar-refractivity contribution in [2.24, 2.45) is 0 Å². The lowest BCUT2D eigenvalue weighted by molar-refractivity contribution is -0.116. The second kappa shape index (κ2) is 11.0. The molecular weight excluding hydrogens is 459 g/mol. The highest BCUT2D eigenvalue weighted by atomic mass is 19.1. The number of carbonyl (C=O) groups excluding carboxylic acids is 1. The molecule has 3 aromatic rings. The third kappa shape index (κ3) is 5.94. The number of aryl methyl sites for hydroxylation is 3. The van der Waals surface area contributed by atoms with Gasteiger partial charge in [-0.25, -0.2) is 4.39 Å². The maximum Gasteiger partial charge on any atom is 0.244 e. The van der Waals surface area contributed by atoms with E-state index in [1.54, 1.807) is 29.0 Å². The van der Waals surface area contributed by atoms with Crippen LogP contribution in [-0.4, -0.2) is 48.7 Å². The molecule has 1 saturated heterocycles. The summed E-state index contributed by atoms with van der Waals surface area (Å²) < 4.78 is 20.3. The maximum atomic E-state index is 13.3. The molecule has 1 aliphatic rings. The Hall–Kier alpha value is -3.65. The zero-order valence-electron chi connectivity index (χ0n) is 21.3. The number of benzene rings is 2. The number of carbonyl (C=O) groups is 1. The molecule has 4 rings (SSSR count). The average Bonchev–Trinajstić information content (AvgIpc) is 2.84. The first kappa shape index (κ1) is 25.4. The van der Waals surface area contributed by atoms with E-state index in [0.29, 0.717) is 6.54 Å². The monoisotopic (exact) mass is 492 g/mol. The minimum Gasteiger partial charge on any atom is -0.491 e. The van der Waals surface area contributed by atoms with Gasteiger partial charge in [0.1, 0.15) is 12.4 Å². The van der Waals surface area contributed by atoms with Gasteiger partial charge < -0.3 is 19.5 Å². The molecule has 0 radical (unpaired) electrons. The number of anilines is 2. The van der Waals surface area contributed by atoms with Gasteiger partial charge in [-0.3, -0.25) is 14.5 Å². The summed E-state index contributed by atoms with van der Waals surface area (Å²) in [6.07, 6.45) is 1.61. The lowest BCUT2D eigenvalue weighted by Gasteiger charge is -2.36. The van der Waals surface area contributed by atoms with E-state index in [0.717, 1.165) is 59.9 Å². The first-order valence-corrected chi connectivity index (χ1v) is 12.1. The molecule has 0 spiro atoms. The summed E-state index contributed by atoms with van der Waals surface area (Å²) in [5, 5.41) is 3.04. The number of pyridine rings is 1. The summed E-state index contributed by atoms with van der Waals surface area (Å²) in [6, 6.07) is 12.2. The molecule has 190 valence electrons. The molecule has 0 bridgehead atoms. The predicted octanol–water partition coefficient (Wildman–Crippen LogP) is 3.88. The van der Waals surface area contributed by atoms with Crippen molar-refractivity contribution in [1.29, 1.82) is 0 Å². The highest BCUT2D eigenvalue weighted by Crippen LogP contribution is 2.22. The second-order valence-electron chi connectivity index (χ2n) is 9.39. The van der Waals surface area contributed by atoms with Gasteiger partial charge in [0.05, 0.1) is 13.3 Å². The molecule has 2 heterocycles. The number of hydrogen-bond donors (Lipinski definition) is 1. The van der Waals surface area contributed by atoms with E-state index < -0.39 is 0 Å². The van der Waals surface area contributed by atoms with Crippen molar-refractivity contribution in [3.8, 4) is 5.75 Å². The number of halogens is 1. The fourth-order valence-electron chi connectivity index (χ4n) is 4.79. The molecule has 0 aliphatic carbocycles. The van der Waals surface area contributed by atoms with Gasteiger partial charge in [-0.15, -0.1) is 0 Å². The Labute approximate surface area is 211 Å². The fourth-order valence-corrected chi connectivity index (χ4v) is 4.79. The van der Waals surface area contributed by atoms with E-state index in [1.807, 2.05) is 32.9 Å². The van der Waals surface area contributed by atoms with Crippen LogP contribution in [-0.2, 0) is 17.9 Å². The summed E-state index contributed by atoms with van der Waals surface area (Å²) in [5.74, 6) is -0.208. The zero-order valence-corrected chi connectivity index (χ0v) is 21.3. The second-order valence-corrected chi connectivity index (χ2v) is 9.39. The quantitative estimate of drug-likeness (QED) is 0.542. The largest absolute Gasteiger partial charge is 0.491 e. The number of ether oxygens (including phenoxy) is 1. The third-order valence-corrected chi connectivity index (χ3v) is 6.61. The molecule has 2 aromatic carbocycles. The number of rotatable bonds is 7. The minimum absolute atomic E-state index is 0.0638. The van der Waals surface area contributed by atoms with Crippen LogP contribution in [0.15, 0.2) is 53.5 Å². The van der Waals surface area contributed by atoms with Crippen molar-refractivity contribution in [3.05, 3.63) is 87.1 Å². The van der Waals surface area contributed by atoms with Crippen LogP contribution in [0.25, 0.3) is 0 Å². The Bertz CT molecular complexity index is 1270. The van der Waals surface area contributed by atoms with Crippen LogP contribution in [0.4, 0.5) is 15.8 Å². The normalized spacial score (nSPS) is 14.1. The number of amides is 1. The number of hydrogen-bond acceptors (Lipinski definition) is 5. The summed E-state index contributed by atoms with van der Waals surface area (Å²) in [4.78, 5) is 30.0. The maximum absolute atomic E-state index is 13.3. The van der Waals surface area contributed by atoms with Crippen LogP contribution < -0.4 is 20.4 Å². The van der Waals surface area contributed by atoms with E-state index in [-0.39, 0.29) is 29.4 Å². The predicted molar refractivity (Wildman–Crippen MR) is 140 cm³/mol. The van der Waals surface area contributed by atoms with Gasteiger partial charge in [0, 0.05) is 55.9 Å². The van der Waals surface area contributed by atoms with Crippen molar-refractivity contribution in [2.45, 2.75) is 33.9 Å².